The summed E-state index contributed by atoms with van der Waals surface area (Å²) in [4.78, 5) is 7.86. The molecule has 0 saturated carbocycles. The summed E-state index contributed by atoms with van der Waals surface area (Å²) in [5.41, 5.74) is 1.44. The SMILES string of the molecule is Fc1cc(F)c(C#Cc2cccnc2)cc1C#Cc1cccnc1. The van der Waals surface area contributed by atoms with Crippen molar-refractivity contribution in [3.8, 4) is 23.7 Å². The van der Waals surface area contributed by atoms with Crippen LogP contribution in [0.1, 0.15) is 22.3 Å². The number of halogens is 2. The Morgan fingerprint density at radius 2 is 1.17 bits per heavy atom. The minimum absolute atomic E-state index is 0.0794. The molecule has 0 unspecified atom stereocenters. The topological polar surface area (TPSA) is 25.8 Å². The Morgan fingerprint density at radius 3 is 1.58 bits per heavy atom. The fourth-order valence-corrected chi connectivity index (χ4v) is 1.89. The molecule has 114 valence electrons. The lowest BCUT2D eigenvalue weighted by Crippen LogP contribution is -1.92. The molecule has 0 spiro atoms. The average Bonchev–Trinajstić information content (AvgIpc) is 2.62. The molecule has 2 aromatic heterocycles. The largest absolute Gasteiger partial charge is 0.263 e. The summed E-state index contributed by atoms with van der Waals surface area (Å²) in [6.07, 6.45) is 6.38. The lowest BCUT2D eigenvalue weighted by molar-refractivity contribution is 0.579. The van der Waals surface area contributed by atoms with Crippen molar-refractivity contribution >= 4 is 0 Å². The molecule has 0 atom stereocenters. The van der Waals surface area contributed by atoms with Gasteiger partial charge in [-0.05, 0) is 30.3 Å². The maximum absolute atomic E-state index is 13.9. The van der Waals surface area contributed by atoms with Gasteiger partial charge in [-0.1, -0.05) is 23.7 Å². The Morgan fingerprint density at radius 1 is 0.667 bits per heavy atom. The van der Waals surface area contributed by atoms with Crippen LogP contribution in [0.3, 0.4) is 0 Å². The normalized spacial score (nSPS) is 9.42. The molecule has 0 aliphatic rings. The van der Waals surface area contributed by atoms with Gasteiger partial charge in [0.05, 0.1) is 11.1 Å². The zero-order valence-corrected chi connectivity index (χ0v) is 12.4. The van der Waals surface area contributed by atoms with E-state index in [9.17, 15) is 8.78 Å². The molecule has 2 nitrogen and oxygen atoms in total. The first-order valence-corrected chi connectivity index (χ1v) is 7.05. The van der Waals surface area contributed by atoms with Crippen molar-refractivity contribution in [3.63, 3.8) is 0 Å². The van der Waals surface area contributed by atoms with E-state index in [2.05, 4.69) is 33.6 Å². The molecule has 1 aromatic carbocycles. The van der Waals surface area contributed by atoms with Crippen molar-refractivity contribution in [2.75, 3.05) is 0 Å². The minimum atomic E-state index is -0.726. The van der Waals surface area contributed by atoms with Gasteiger partial charge in [-0.25, -0.2) is 8.78 Å². The molecule has 2 heterocycles. The second-order valence-corrected chi connectivity index (χ2v) is 4.80. The summed E-state index contributed by atoms with van der Waals surface area (Å²) in [6, 6.07) is 9.07. The van der Waals surface area contributed by atoms with Crippen molar-refractivity contribution in [1.82, 2.24) is 9.97 Å². The lowest BCUT2D eigenvalue weighted by Gasteiger charge is -1.98. The third-order valence-electron chi connectivity index (χ3n) is 3.06. The molecule has 4 heteroatoms. The van der Waals surface area contributed by atoms with Gasteiger partial charge in [-0.2, -0.15) is 0 Å². The van der Waals surface area contributed by atoms with Gasteiger partial charge in [0.2, 0.25) is 0 Å². The van der Waals surface area contributed by atoms with Gasteiger partial charge in [-0.15, -0.1) is 0 Å². The first kappa shape index (κ1) is 15.4. The summed E-state index contributed by atoms with van der Waals surface area (Å²) in [5.74, 6) is 9.49. The quantitative estimate of drug-likeness (QED) is 0.593. The Hall–Kier alpha value is -3.50. The minimum Gasteiger partial charge on any atom is -0.263 e. The molecule has 0 fully saturated rings. The van der Waals surface area contributed by atoms with Crippen molar-refractivity contribution in [3.05, 3.63) is 95.1 Å². The van der Waals surface area contributed by atoms with E-state index >= 15 is 0 Å². The van der Waals surface area contributed by atoms with Crippen LogP contribution in [0.25, 0.3) is 0 Å². The first-order chi connectivity index (χ1) is 11.7. The van der Waals surface area contributed by atoms with Crippen LogP contribution in [0.2, 0.25) is 0 Å². The van der Waals surface area contributed by atoms with Gasteiger partial charge in [0.1, 0.15) is 11.6 Å². The van der Waals surface area contributed by atoms with E-state index in [1.165, 1.54) is 6.07 Å². The second kappa shape index (κ2) is 7.17. The smallest absolute Gasteiger partial charge is 0.141 e. The van der Waals surface area contributed by atoms with Crippen LogP contribution in [0.15, 0.2) is 61.2 Å². The van der Waals surface area contributed by atoms with Crippen molar-refractivity contribution < 1.29 is 8.78 Å². The van der Waals surface area contributed by atoms with E-state index in [1.807, 2.05) is 0 Å². The van der Waals surface area contributed by atoms with Crippen molar-refractivity contribution in [1.29, 1.82) is 0 Å². The van der Waals surface area contributed by atoms with Crippen LogP contribution >= 0.6 is 0 Å². The van der Waals surface area contributed by atoms with E-state index in [-0.39, 0.29) is 11.1 Å². The number of hydrogen-bond acceptors (Lipinski definition) is 2. The Kier molecular flexibility index (Phi) is 4.60. The van der Waals surface area contributed by atoms with E-state index < -0.39 is 11.6 Å². The molecule has 0 aliphatic carbocycles. The Labute approximate surface area is 138 Å². The Bertz CT molecular complexity index is 898. The summed E-state index contributed by atoms with van der Waals surface area (Å²) in [6.45, 7) is 0. The van der Waals surface area contributed by atoms with Crippen LogP contribution in [0.5, 0.6) is 0 Å². The maximum Gasteiger partial charge on any atom is 0.141 e. The molecule has 0 radical (unpaired) electrons. The fraction of sp³-hybridized carbons (Fsp3) is 0. The molecule has 24 heavy (non-hydrogen) atoms. The number of hydrogen-bond donors (Lipinski definition) is 0. The fourth-order valence-electron chi connectivity index (χ4n) is 1.89. The van der Waals surface area contributed by atoms with Crippen LogP contribution in [0.4, 0.5) is 8.78 Å². The number of aromatic nitrogens is 2. The number of rotatable bonds is 0. The molecular formula is C20H10F2N2. The molecular weight excluding hydrogens is 306 g/mol. The second-order valence-electron chi connectivity index (χ2n) is 4.80. The molecule has 0 saturated heterocycles. The highest BCUT2D eigenvalue weighted by Crippen LogP contribution is 2.14. The predicted molar refractivity (Wildman–Crippen MR) is 86.8 cm³/mol. The van der Waals surface area contributed by atoms with E-state index in [1.54, 1.807) is 49.1 Å². The maximum atomic E-state index is 13.9. The summed E-state index contributed by atoms with van der Waals surface area (Å²) in [7, 11) is 0. The zero-order valence-electron chi connectivity index (χ0n) is 12.4. The number of benzene rings is 1. The van der Waals surface area contributed by atoms with Gasteiger partial charge in [-0.3, -0.25) is 9.97 Å². The summed E-state index contributed by atoms with van der Waals surface area (Å²) >= 11 is 0. The predicted octanol–water partition coefficient (Wildman–Crippen LogP) is 3.55. The highest BCUT2D eigenvalue weighted by atomic mass is 19.1. The summed E-state index contributed by atoms with van der Waals surface area (Å²) in [5, 5.41) is 0. The van der Waals surface area contributed by atoms with Crippen LogP contribution in [-0.4, -0.2) is 9.97 Å². The van der Waals surface area contributed by atoms with Gasteiger partial charge >= 0.3 is 0 Å². The van der Waals surface area contributed by atoms with E-state index in [4.69, 9.17) is 0 Å². The van der Waals surface area contributed by atoms with Gasteiger partial charge in [0, 0.05) is 42.0 Å². The standard InChI is InChI=1S/C20H10F2N2/c21-19-12-20(22)18(8-6-16-4-2-10-24-14-16)11-17(19)7-5-15-3-1-9-23-13-15/h1-4,9-14H. The average molecular weight is 316 g/mol. The first-order valence-electron chi connectivity index (χ1n) is 7.05. The molecule has 0 bridgehead atoms. The van der Waals surface area contributed by atoms with E-state index in [0.717, 1.165) is 6.07 Å². The number of nitrogens with zero attached hydrogens (tertiary/aromatic N) is 2. The molecule has 0 aliphatic heterocycles. The number of pyridine rings is 2. The lowest BCUT2D eigenvalue weighted by atomic mass is 10.1. The van der Waals surface area contributed by atoms with E-state index in [0.29, 0.717) is 11.1 Å². The third kappa shape index (κ3) is 3.82. The van der Waals surface area contributed by atoms with Crippen LogP contribution in [0, 0.1) is 35.3 Å². The van der Waals surface area contributed by atoms with Crippen molar-refractivity contribution in [2.24, 2.45) is 0 Å². The van der Waals surface area contributed by atoms with Gasteiger partial charge in [0.25, 0.3) is 0 Å². The summed E-state index contributed by atoms with van der Waals surface area (Å²) < 4.78 is 27.8. The third-order valence-corrected chi connectivity index (χ3v) is 3.06. The molecule has 0 amide bonds. The monoisotopic (exact) mass is 316 g/mol. The Balaban J connectivity index is 1.95. The van der Waals surface area contributed by atoms with Crippen molar-refractivity contribution in [2.45, 2.75) is 0 Å². The highest BCUT2D eigenvalue weighted by molar-refractivity contribution is 5.49. The van der Waals surface area contributed by atoms with Crippen LogP contribution in [-0.2, 0) is 0 Å². The molecule has 3 rings (SSSR count). The zero-order chi connectivity index (χ0) is 16.8. The highest BCUT2D eigenvalue weighted by Gasteiger charge is 2.07. The molecule has 3 aromatic rings. The molecule has 0 N–H and O–H groups in total. The van der Waals surface area contributed by atoms with Crippen LogP contribution < -0.4 is 0 Å². The van der Waals surface area contributed by atoms with Gasteiger partial charge in [0.15, 0.2) is 0 Å². The van der Waals surface area contributed by atoms with Gasteiger partial charge < -0.3 is 0 Å².